The topological polar surface area (TPSA) is 78.7 Å². The Bertz CT molecular complexity index is 458. The van der Waals surface area contributed by atoms with Gasteiger partial charge in [0.25, 0.3) is 5.69 Å². The highest BCUT2D eigenvalue weighted by Crippen LogP contribution is 2.20. The summed E-state index contributed by atoms with van der Waals surface area (Å²) in [5.74, 6) is -0.00339. The molecule has 0 fully saturated rings. The van der Waals surface area contributed by atoms with E-state index in [-0.39, 0.29) is 5.69 Å². The SMILES string of the molecule is CCCCCCC(Oc1ccc([N+](=O)[O-])cc1)C(=O)OC. The molecule has 1 atom stereocenters. The third-order valence-electron chi connectivity index (χ3n) is 3.11. The van der Waals surface area contributed by atoms with Crippen LogP contribution in [0.4, 0.5) is 5.69 Å². The van der Waals surface area contributed by atoms with E-state index in [9.17, 15) is 14.9 Å². The lowest BCUT2D eigenvalue weighted by Gasteiger charge is -2.16. The Balaban J connectivity index is 2.62. The zero-order valence-corrected chi connectivity index (χ0v) is 12.4. The number of hydrogen-bond acceptors (Lipinski definition) is 5. The molecule has 1 unspecified atom stereocenters. The van der Waals surface area contributed by atoms with Crippen molar-refractivity contribution < 1.29 is 19.2 Å². The minimum atomic E-state index is -0.673. The Morgan fingerprint density at radius 2 is 1.90 bits per heavy atom. The van der Waals surface area contributed by atoms with Gasteiger partial charge in [-0.05, 0) is 25.0 Å². The fourth-order valence-electron chi connectivity index (χ4n) is 1.92. The van der Waals surface area contributed by atoms with Crippen LogP contribution in [0.3, 0.4) is 0 Å². The van der Waals surface area contributed by atoms with Crippen molar-refractivity contribution in [1.29, 1.82) is 0 Å². The minimum Gasteiger partial charge on any atom is -0.479 e. The van der Waals surface area contributed by atoms with Gasteiger partial charge in [0.05, 0.1) is 12.0 Å². The minimum absolute atomic E-state index is 0.0140. The van der Waals surface area contributed by atoms with Gasteiger partial charge in [-0.2, -0.15) is 0 Å². The van der Waals surface area contributed by atoms with E-state index >= 15 is 0 Å². The number of hydrogen-bond donors (Lipinski definition) is 0. The number of benzene rings is 1. The molecule has 0 aliphatic carbocycles. The Kier molecular flexibility index (Phi) is 7.21. The van der Waals surface area contributed by atoms with E-state index in [2.05, 4.69) is 6.92 Å². The first-order chi connectivity index (χ1) is 10.1. The first-order valence-corrected chi connectivity index (χ1v) is 7.07. The average molecular weight is 295 g/mol. The van der Waals surface area contributed by atoms with Crippen LogP contribution in [0.1, 0.15) is 39.0 Å². The summed E-state index contributed by atoms with van der Waals surface area (Å²) in [7, 11) is 1.32. The third-order valence-corrected chi connectivity index (χ3v) is 3.11. The maximum Gasteiger partial charge on any atom is 0.347 e. The monoisotopic (exact) mass is 295 g/mol. The number of methoxy groups -OCH3 is 1. The standard InChI is InChI=1S/C15H21NO5/c1-3-4-5-6-7-14(15(17)20-2)21-13-10-8-12(9-11-13)16(18)19/h8-11,14H,3-7H2,1-2H3. The largest absolute Gasteiger partial charge is 0.479 e. The second kappa shape index (κ2) is 8.94. The molecule has 21 heavy (non-hydrogen) atoms. The Hall–Kier alpha value is -2.11. The van der Waals surface area contributed by atoms with Gasteiger partial charge < -0.3 is 9.47 Å². The molecule has 0 heterocycles. The van der Waals surface area contributed by atoms with Gasteiger partial charge in [-0.15, -0.1) is 0 Å². The number of nitrogens with zero attached hydrogens (tertiary/aromatic N) is 1. The maximum absolute atomic E-state index is 11.7. The van der Waals surface area contributed by atoms with Crippen LogP contribution >= 0.6 is 0 Å². The number of unbranched alkanes of at least 4 members (excludes halogenated alkanes) is 3. The van der Waals surface area contributed by atoms with Gasteiger partial charge in [-0.25, -0.2) is 4.79 Å². The Morgan fingerprint density at radius 3 is 2.43 bits per heavy atom. The van der Waals surface area contributed by atoms with Gasteiger partial charge in [0.15, 0.2) is 6.10 Å². The van der Waals surface area contributed by atoms with Crippen LogP contribution < -0.4 is 4.74 Å². The molecule has 0 aliphatic rings. The molecular formula is C15H21NO5. The van der Waals surface area contributed by atoms with E-state index in [1.165, 1.54) is 31.4 Å². The second-order valence-electron chi connectivity index (χ2n) is 4.73. The Labute approximate surface area is 124 Å². The van der Waals surface area contributed by atoms with Crippen molar-refractivity contribution >= 4 is 11.7 Å². The predicted octanol–water partition coefficient (Wildman–Crippen LogP) is 3.49. The number of non-ortho nitro benzene ring substituents is 1. The normalized spacial score (nSPS) is 11.7. The average Bonchev–Trinajstić information content (AvgIpc) is 2.50. The fourth-order valence-corrected chi connectivity index (χ4v) is 1.92. The van der Waals surface area contributed by atoms with E-state index in [1.807, 2.05) is 0 Å². The molecule has 116 valence electrons. The van der Waals surface area contributed by atoms with Crippen LogP contribution in [0.25, 0.3) is 0 Å². The number of esters is 1. The molecule has 0 spiro atoms. The number of rotatable bonds is 9. The maximum atomic E-state index is 11.7. The molecule has 0 bridgehead atoms. The van der Waals surface area contributed by atoms with E-state index in [1.54, 1.807) is 0 Å². The Morgan fingerprint density at radius 1 is 1.24 bits per heavy atom. The predicted molar refractivity (Wildman–Crippen MR) is 78.3 cm³/mol. The number of carbonyl (C=O) groups excluding carboxylic acids is 1. The number of nitro benzene ring substituents is 1. The summed E-state index contributed by atoms with van der Waals surface area (Å²) in [5.41, 5.74) is -0.0140. The van der Waals surface area contributed by atoms with Crippen LogP contribution in [0.5, 0.6) is 5.75 Å². The molecule has 6 nitrogen and oxygen atoms in total. The summed E-state index contributed by atoms with van der Waals surface area (Å²) in [4.78, 5) is 21.8. The summed E-state index contributed by atoms with van der Waals surface area (Å²) in [6.45, 7) is 2.12. The number of ether oxygens (including phenoxy) is 2. The number of carbonyl (C=O) groups is 1. The van der Waals surface area contributed by atoms with E-state index in [0.717, 1.165) is 25.7 Å². The van der Waals surface area contributed by atoms with Crippen molar-refractivity contribution in [2.75, 3.05) is 7.11 Å². The highest BCUT2D eigenvalue weighted by atomic mass is 16.6. The molecule has 1 aromatic carbocycles. The summed E-state index contributed by atoms with van der Waals surface area (Å²) >= 11 is 0. The highest BCUT2D eigenvalue weighted by Gasteiger charge is 2.21. The molecular weight excluding hydrogens is 274 g/mol. The highest BCUT2D eigenvalue weighted by molar-refractivity contribution is 5.74. The molecule has 0 aliphatic heterocycles. The third kappa shape index (κ3) is 5.81. The summed E-state index contributed by atoms with van der Waals surface area (Å²) in [6, 6.07) is 5.67. The summed E-state index contributed by atoms with van der Waals surface area (Å²) in [5, 5.41) is 10.6. The van der Waals surface area contributed by atoms with Gasteiger partial charge in [0, 0.05) is 12.1 Å². The first kappa shape index (κ1) is 16.9. The fraction of sp³-hybridized carbons (Fsp3) is 0.533. The molecule has 0 saturated carbocycles. The van der Waals surface area contributed by atoms with Crippen LogP contribution in [0.15, 0.2) is 24.3 Å². The van der Waals surface area contributed by atoms with E-state index in [0.29, 0.717) is 12.2 Å². The second-order valence-corrected chi connectivity index (χ2v) is 4.73. The van der Waals surface area contributed by atoms with Gasteiger partial charge in [-0.3, -0.25) is 10.1 Å². The zero-order valence-electron chi connectivity index (χ0n) is 12.4. The van der Waals surface area contributed by atoms with Crippen molar-refractivity contribution in [3.05, 3.63) is 34.4 Å². The molecule has 6 heteroatoms. The molecule has 0 saturated heterocycles. The molecule has 0 amide bonds. The zero-order chi connectivity index (χ0) is 15.7. The van der Waals surface area contributed by atoms with Crippen molar-refractivity contribution in [3.63, 3.8) is 0 Å². The lowest BCUT2D eigenvalue weighted by molar-refractivity contribution is -0.384. The quantitative estimate of drug-likeness (QED) is 0.301. The molecule has 0 aromatic heterocycles. The van der Waals surface area contributed by atoms with Crippen LogP contribution in [-0.4, -0.2) is 24.1 Å². The van der Waals surface area contributed by atoms with Gasteiger partial charge in [0.2, 0.25) is 0 Å². The molecule has 1 aromatic rings. The molecule has 0 radical (unpaired) electrons. The van der Waals surface area contributed by atoms with Crippen molar-refractivity contribution in [2.45, 2.75) is 45.1 Å². The van der Waals surface area contributed by atoms with E-state index in [4.69, 9.17) is 9.47 Å². The van der Waals surface area contributed by atoms with Crippen LogP contribution in [-0.2, 0) is 9.53 Å². The van der Waals surface area contributed by atoms with Crippen molar-refractivity contribution in [3.8, 4) is 5.75 Å². The molecule has 1 rings (SSSR count). The summed E-state index contributed by atoms with van der Waals surface area (Å²) in [6.07, 6.45) is 4.04. The smallest absolute Gasteiger partial charge is 0.347 e. The first-order valence-electron chi connectivity index (χ1n) is 7.07. The van der Waals surface area contributed by atoms with Crippen LogP contribution in [0.2, 0.25) is 0 Å². The molecule has 0 N–H and O–H groups in total. The van der Waals surface area contributed by atoms with Gasteiger partial charge in [-0.1, -0.05) is 26.2 Å². The van der Waals surface area contributed by atoms with Crippen LogP contribution in [0, 0.1) is 10.1 Å². The lowest BCUT2D eigenvalue weighted by atomic mass is 10.1. The van der Waals surface area contributed by atoms with E-state index < -0.39 is 17.0 Å². The van der Waals surface area contributed by atoms with Crippen molar-refractivity contribution in [1.82, 2.24) is 0 Å². The lowest BCUT2D eigenvalue weighted by Crippen LogP contribution is -2.28. The van der Waals surface area contributed by atoms with Gasteiger partial charge >= 0.3 is 5.97 Å². The van der Waals surface area contributed by atoms with Crippen molar-refractivity contribution in [2.24, 2.45) is 0 Å². The summed E-state index contributed by atoms with van der Waals surface area (Å²) < 4.78 is 10.3. The number of nitro groups is 1. The van der Waals surface area contributed by atoms with Gasteiger partial charge in [0.1, 0.15) is 5.75 Å².